The van der Waals surface area contributed by atoms with Crippen LogP contribution in [0.2, 0.25) is 0 Å². The average Bonchev–Trinajstić information content (AvgIpc) is 2.47. The molecule has 2 aromatic carbocycles. The van der Waals surface area contributed by atoms with Gasteiger partial charge in [-0.2, -0.15) is 0 Å². The summed E-state index contributed by atoms with van der Waals surface area (Å²) in [7, 11) is 0. The molecule has 0 aliphatic carbocycles. The summed E-state index contributed by atoms with van der Waals surface area (Å²) in [5.74, 6) is -0.399. The number of carbonyl (C=O) groups excluding carboxylic acids is 1. The van der Waals surface area contributed by atoms with Gasteiger partial charge >= 0.3 is 5.97 Å². The summed E-state index contributed by atoms with van der Waals surface area (Å²) in [5, 5.41) is 6.89. The summed E-state index contributed by atoms with van der Waals surface area (Å²) in [6, 6.07) is 18.1. The fourth-order valence-electron chi connectivity index (χ4n) is 1.24. The number of carboxylic acid groups (broad SMARTS) is 1. The van der Waals surface area contributed by atoms with Crippen LogP contribution < -0.4 is 5.48 Å². The molecule has 0 bridgehead atoms. The van der Waals surface area contributed by atoms with Crippen molar-refractivity contribution in [2.75, 3.05) is 5.48 Å². The zero-order chi connectivity index (χ0) is 13.9. The van der Waals surface area contributed by atoms with Gasteiger partial charge in [-0.25, -0.2) is 10.3 Å². The molecule has 5 heteroatoms. The number of hydrogen-bond acceptors (Lipinski definition) is 4. The summed E-state index contributed by atoms with van der Waals surface area (Å²) in [5.41, 5.74) is 3.86. The molecule has 0 spiro atoms. The molecule has 19 heavy (non-hydrogen) atoms. The lowest BCUT2D eigenvalue weighted by Crippen LogP contribution is -2.10. The predicted molar refractivity (Wildman–Crippen MR) is 70.6 cm³/mol. The van der Waals surface area contributed by atoms with Gasteiger partial charge in [0.15, 0.2) is 0 Å². The lowest BCUT2D eigenvalue weighted by atomic mass is 10.2. The number of para-hydroxylation sites is 1. The smallest absolute Gasteiger partial charge is 0.362 e. The van der Waals surface area contributed by atoms with Gasteiger partial charge in [0.1, 0.15) is 0 Å². The van der Waals surface area contributed by atoms with E-state index in [1.54, 1.807) is 24.3 Å². The second-order valence-electron chi connectivity index (χ2n) is 3.33. The first-order chi connectivity index (χ1) is 9.27. The maximum Gasteiger partial charge on any atom is 0.362 e. The second-order valence-corrected chi connectivity index (χ2v) is 3.33. The van der Waals surface area contributed by atoms with E-state index in [1.807, 2.05) is 36.4 Å². The molecule has 0 unspecified atom stereocenters. The first-order valence-electron chi connectivity index (χ1n) is 5.43. The van der Waals surface area contributed by atoms with E-state index in [-0.39, 0.29) is 6.47 Å². The Morgan fingerprint density at radius 3 is 2.00 bits per heavy atom. The average molecular weight is 259 g/mol. The van der Waals surface area contributed by atoms with Crippen LogP contribution in [0.3, 0.4) is 0 Å². The SMILES string of the molecule is O=C(ONc1ccccc1)c1ccccc1.O=CO. The fourth-order valence-corrected chi connectivity index (χ4v) is 1.24. The Kier molecular flexibility index (Phi) is 6.22. The third-order valence-electron chi connectivity index (χ3n) is 2.04. The van der Waals surface area contributed by atoms with Crippen molar-refractivity contribution >= 4 is 18.1 Å². The van der Waals surface area contributed by atoms with Gasteiger partial charge in [0, 0.05) is 0 Å². The van der Waals surface area contributed by atoms with Crippen LogP contribution in [0, 0.1) is 0 Å². The molecule has 2 aromatic rings. The number of carbonyl (C=O) groups is 2. The van der Waals surface area contributed by atoms with Crippen molar-refractivity contribution in [3.8, 4) is 0 Å². The maximum atomic E-state index is 11.5. The second kappa shape index (κ2) is 8.30. The summed E-state index contributed by atoms with van der Waals surface area (Å²) in [4.78, 5) is 24.8. The van der Waals surface area contributed by atoms with Gasteiger partial charge < -0.3 is 9.94 Å². The van der Waals surface area contributed by atoms with E-state index >= 15 is 0 Å². The molecule has 0 fully saturated rings. The molecule has 0 amide bonds. The highest BCUT2D eigenvalue weighted by atomic mass is 16.7. The standard InChI is InChI=1S/C13H11NO2.CH2O2/c15-13(11-7-3-1-4-8-11)16-14-12-9-5-2-6-10-12;2-1-3/h1-10,14H;1H,(H,2,3). The number of anilines is 1. The molecule has 0 heterocycles. The van der Waals surface area contributed by atoms with E-state index in [4.69, 9.17) is 14.7 Å². The van der Waals surface area contributed by atoms with Gasteiger partial charge in [0.2, 0.25) is 0 Å². The molecule has 0 aliphatic rings. The first kappa shape index (κ1) is 14.2. The van der Waals surface area contributed by atoms with Gasteiger partial charge in [-0.05, 0) is 24.3 Å². The highest BCUT2D eigenvalue weighted by Gasteiger charge is 2.05. The van der Waals surface area contributed by atoms with E-state index in [0.717, 1.165) is 5.69 Å². The van der Waals surface area contributed by atoms with Gasteiger partial charge in [0.25, 0.3) is 6.47 Å². The van der Waals surface area contributed by atoms with Crippen LogP contribution in [0.4, 0.5) is 5.69 Å². The molecule has 0 aliphatic heterocycles. The van der Waals surface area contributed by atoms with E-state index in [9.17, 15) is 4.79 Å². The Morgan fingerprint density at radius 2 is 1.47 bits per heavy atom. The minimum Gasteiger partial charge on any atom is -0.483 e. The van der Waals surface area contributed by atoms with Crippen molar-refractivity contribution in [1.29, 1.82) is 0 Å². The number of benzene rings is 2. The van der Waals surface area contributed by atoms with Crippen molar-refractivity contribution < 1.29 is 19.5 Å². The van der Waals surface area contributed by atoms with E-state index in [2.05, 4.69) is 5.48 Å². The molecule has 2 N–H and O–H groups in total. The van der Waals surface area contributed by atoms with Crippen LogP contribution in [0.5, 0.6) is 0 Å². The predicted octanol–water partition coefficient (Wildman–Crippen LogP) is 2.57. The number of nitrogens with one attached hydrogen (secondary N) is 1. The molecule has 0 radical (unpaired) electrons. The van der Waals surface area contributed by atoms with Crippen LogP contribution in [-0.4, -0.2) is 17.5 Å². The Bertz CT molecular complexity index is 499. The Morgan fingerprint density at radius 1 is 1.00 bits per heavy atom. The van der Waals surface area contributed by atoms with Crippen LogP contribution in [-0.2, 0) is 9.63 Å². The summed E-state index contributed by atoms with van der Waals surface area (Å²) in [6.07, 6.45) is 0. The molecular weight excluding hydrogens is 246 g/mol. The Balaban J connectivity index is 0.000000550. The lowest BCUT2D eigenvalue weighted by Gasteiger charge is -2.05. The zero-order valence-electron chi connectivity index (χ0n) is 10.0. The summed E-state index contributed by atoms with van der Waals surface area (Å²) >= 11 is 0. The Labute approximate surface area is 110 Å². The molecule has 2 rings (SSSR count). The third-order valence-corrected chi connectivity index (χ3v) is 2.04. The van der Waals surface area contributed by atoms with Crippen molar-refractivity contribution in [3.63, 3.8) is 0 Å². The molecule has 5 nitrogen and oxygen atoms in total. The van der Waals surface area contributed by atoms with Crippen LogP contribution in [0.1, 0.15) is 10.4 Å². The van der Waals surface area contributed by atoms with Crippen molar-refractivity contribution in [3.05, 3.63) is 66.2 Å². The van der Waals surface area contributed by atoms with E-state index < -0.39 is 5.97 Å². The summed E-state index contributed by atoms with van der Waals surface area (Å²) < 4.78 is 0. The Hall–Kier alpha value is -2.82. The molecule has 0 saturated carbocycles. The van der Waals surface area contributed by atoms with Crippen molar-refractivity contribution in [2.45, 2.75) is 0 Å². The zero-order valence-corrected chi connectivity index (χ0v) is 10.0. The molecule has 98 valence electrons. The largest absolute Gasteiger partial charge is 0.483 e. The van der Waals surface area contributed by atoms with Gasteiger partial charge in [0.05, 0.1) is 11.3 Å². The monoisotopic (exact) mass is 259 g/mol. The van der Waals surface area contributed by atoms with Gasteiger partial charge in [-0.15, -0.1) is 0 Å². The topological polar surface area (TPSA) is 75.6 Å². The normalized spacial score (nSPS) is 8.63. The molecule has 0 atom stereocenters. The van der Waals surface area contributed by atoms with Gasteiger partial charge in [-0.3, -0.25) is 4.79 Å². The quantitative estimate of drug-likeness (QED) is 0.654. The van der Waals surface area contributed by atoms with Crippen LogP contribution >= 0.6 is 0 Å². The number of hydrogen-bond donors (Lipinski definition) is 2. The molecule has 0 aromatic heterocycles. The van der Waals surface area contributed by atoms with E-state index in [0.29, 0.717) is 5.56 Å². The minimum atomic E-state index is -0.399. The maximum absolute atomic E-state index is 11.5. The lowest BCUT2D eigenvalue weighted by molar-refractivity contribution is -0.122. The third kappa shape index (κ3) is 5.36. The van der Waals surface area contributed by atoms with E-state index in [1.165, 1.54) is 0 Å². The highest BCUT2D eigenvalue weighted by molar-refractivity contribution is 5.89. The molecule has 0 saturated heterocycles. The highest BCUT2D eigenvalue weighted by Crippen LogP contribution is 2.07. The summed E-state index contributed by atoms with van der Waals surface area (Å²) in [6.45, 7) is -0.250. The molecular formula is C14H13NO4. The minimum absolute atomic E-state index is 0.250. The first-order valence-corrected chi connectivity index (χ1v) is 5.43. The van der Waals surface area contributed by atoms with Gasteiger partial charge in [-0.1, -0.05) is 36.4 Å². The van der Waals surface area contributed by atoms with Crippen molar-refractivity contribution in [1.82, 2.24) is 0 Å². The van der Waals surface area contributed by atoms with Crippen LogP contribution in [0.15, 0.2) is 60.7 Å². The number of rotatable bonds is 3. The fraction of sp³-hybridized carbons (Fsp3) is 0. The van der Waals surface area contributed by atoms with Crippen molar-refractivity contribution in [2.24, 2.45) is 0 Å². The van der Waals surface area contributed by atoms with Crippen LogP contribution in [0.25, 0.3) is 0 Å².